The van der Waals surface area contributed by atoms with Crippen LogP contribution < -0.4 is 5.32 Å². The monoisotopic (exact) mass is 486 g/mol. The second-order valence-corrected chi connectivity index (χ2v) is 10.3. The van der Waals surface area contributed by atoms with E-state index in [1.165, 1.54) is 12.3 Å². The summed E-state index contributed by atoms with van der Waals surface area (Å²) in [4.78, 5) is 45.7. The number of non-ortho nitro benzene ring substituents is 1. The number of hydrogen-bond acceptors (Lipinski definition) is 7. The molecule has 3 aromatic rings. The minimum Gasteiger partial charge on any atom is -0.324 e. The maximum Gasteiger partial charge on any atom is 0.269 e. The van der Waals surface area contributed by atoms with Crippen LogP contribution in [0, 0.1) is 23.0 Å². The smallest absolute Gasteiger partial charge is 0.269 e. The fourth-order valence-electron chi connectivity index (χ4n) is 6.10. The lowest BCUT2D eigenvalue weighted by Gasteiger charge is -2.36. The predicted molar refractivity (Wildman–Crippen MR) is 132 cm³/mol. The summed E-state index contributed by atoms with van der Waals surface area (Å²) in [6.07, 6.45) is 3.14. The van der Waals surface area contributed by atoms with Crippen LogP contribution in [0.25, 0.3) is 0 Å². The molecule has 0 saturated carbocycles. The number of hydrogen-bond donors (Lipinski definition) is 1. The van der Waals surface area contributed by atoms with E-state index in [9.17, 15) is 19.7 Å². The van der Waals surface area contributed by atoms with Crippen LogP contribution in [0.3, 0.4) is 0 Å². The highest BCUT2D eigenvalue weighted by atomic mass is 32.2. The van der Waals surface area contributed by atoms with Gasteiger partial charge in [0.05, 0.1) is 10.8 Å². The number of rotatable bonds is 4. The lowest BCUT2D eigenvalue weighted by atomic mass is 9.69. The van der Waals surface area contributed by atoms with Crippen LogP contribution in [0.15, 0.2) is 67.0 Å². The number of Topliss-reactive ketones (excluding diaryl/α,β-unsaturated/α-hetero) is 1. The number of amides is 1. The third-order valence-corrected chi connectivity index (χ3v) is 8.51. The predicted octanol–water partition coefficient (Wildman–Crippen LogP) is 4.12. The molecule has 0 unspecified atom stereocenters. The van der Waals surface area contributed by atoms with Crippen molar-refractivity contribution in [2.45, 2.75) is 24.4 Å². The number of nitro groups is 1. The number of nitrogens with zero attached hydrogens (tertiary/aromatic N) is 3. The molecule has 8 nitrogen and oxygen atoms in total. The lowest BCUT2D eigenvalue weighted by molar-refractivity contribution is -0.384. The summed E-state index contributed by atoms with van der Waals surface area (Å²) in [6, 6.07) is 15.6. The summed E-state index contributed by atoms with van der Waals surface area (Å²) >= 11 is 1.71. The molecule has 6 rings (SSSR count). The van der Waals surface area contributed by atoms with Crippen LogP contribution in [0.4, 0.5) is 11.4 Å². The van der Waals surface area contributed by atoms with Gasteiger partial charge in [-0.25, -0.2) is 0 Å². The Morgan fingerprint density at radius 2 is 2.09 bits per heavy atom. The van der Waals surface area contributed by atoms with Crippen molar-refractivity contribution in [3.05, 3.63) is 99.4 Å². The van der Waals surface area contributed by atoms with Crippen molar-refractivity contribution in [2.75, 3.05) is 16.9 Å². The average molecular weight is 487 g/mol. The summed E-state index contributed by atoms with van der Waals surface area (Å²) in [5, 5.41) is 14.6. The maximum atomic E-state index is 14.3. The van der Waals surface area contributed by atoms with Crippen LogP contribution in [0.2, 0.25) is 0 Å². The van der Waals surface area contributed by atoms with E-state index in [0.29, 0.717) is 22.7 Å². The number of fused-ring (bicyclic) bond motifs is 4. The summed E-state index contributed by atoms with van der Waals surface area (Å²) in [6.45, 7) is 1.97. The number of aromatic nitrogens is 1. The molecular formula is C26H22N4O4S. The molecule has 2 saturated heterocycles. The molecule has 3 aliphatic heterocycles. The Balaban J connectivity index is 1.63. The zero-order chi connectivity index (χ0) is 24.3. The standard InChI is InChI=1S/C26H22N4O4S/c1-15-7-8-20-19(10-15)26(25(32)28-20)23(24(31)17-5-3-9-27-12-17)22(21-13-35-14-29(21)26)16-4-2-6-18(11-16)30(33)34/h2-12,21-23H,13-14H2,1H3,(H,28,32)/t21-,22+,23-,26-/m1/s1. The first-order valence-corrected chi connectivity index (χ1v) is 12.5. The third kappa shape index (κ3) is 3.08. The molecule has 0 bridgehead atoms. The molecule has 0 aliphatic carbocycles. The molecule has 4 heterocycles. The van der Waals surface area contributed by atoms with Gasteiger partial charge >= 0.3 is 0 Å². The van der Waals surface area contributed by atoms with Gasteiger partial charge in [-0.1, -0.05) is 29.8 Å². The van der Waals surface area contributed by atoms with E-state index in [4.69, 9.17) is 0 Å². The zero-order valence-corrected chi connectivity index (χ0v) is 19.7. The van der Waals surface area contributed by atoms with E-state index in [2.05, 4.69) is 15.2 Å². The number of aryl methyl sites for hydroxylation is 1. The van der Waals surface area contributed by atoms with E-state index >= 15 is 0 Å². The van der Waals surface area contributed by atoms with Crippen molar-refractivity contribution in [2.24, 2.45) is 5.92 Å². The van der Waals surface area contributed by atoms with Gasteiger partial charge in [-0.05, 0) is 30.7 Å². The number of benzene rings is 2. The molecule has 2 fully saturated rings. The number of nitro benzene ring substituents is 1. The van der Waals surface area contributed by atoms with Gasteiger partial charge in [0.2, 0.25) is 5.91 Å². The molecule has 176 valence electrons. The van der Waals surface area contributed by atoms with Gasteiger partial charge in [0, 0.05) is 64.9 Å². The molecule has 3 aliphatic rings. The first-order chi connectivity index (χ1) is 16.9. The molecule has 35 heavy (non-hydrogen) atoms. The van der Waals surface area contributed by atoms with Crippen molar-refractivity contribution in [1.29, 1.82) is 0 Å². The Labute approximate surface area is 205 Å². The summed E-state index contributed by atoms with van der Waals surface area (Å²) in [7, 11) is 0. The number of thioether (sulfide) groups is 1. The number of carbonyl (C=O) groups excluding carboxylic acids is 2. The molecule has 9 heteroatoms. The molecule has 1 amide bonds. The second-order valence-electron chi connectivity index (χ2n) is 9.27. The minimum absolute atomic E-state index is 0.0275. The highest BCUT2D eigenvalue weighted by molar-refractivity contribution is 7.99. The average Bonchev–Trinajstić information content (AvgIpc) is 3.52. The normalized spacial score (nSPS) is 27.0. The highest BCUT2D eigenvalue weighted by Crippen LogP contribution is 2.61. The third-order valence-electron chi connectivity index (χ3n) is 7.47. The Hall–Kier alpha value is -3.56. The van der Waals surface area contributed by atoms with Crippen molar-refractivity contribution in [3.8, 4) is 0 Å². The van der Waals surface area contributed by atoms with E-state index in [1.807, 2.05) is 31.2 Å². The van der Waals surface area contributed by atoms with Crippen molar-refractivity contribution in [3.63, 3.8) is 0 Å². The van der Waals surface area contributed by atoms with Crippen molar-refractivity contribution >= 4 is 34.8 Å². The number of carbonyl (C=O) groups is 2. The van der Waals surface area contributed by atoms with E-state index in [0.717, 1.165) is 16.9 Å². The fraction of sp³-hybridized carbons (Fsp3) is 0.269. The zero-order valence-electron chi connectivity index (χ0n) is 18.9. The van der Waals surface area contributed by atoms with E-state index in [1.54, 1.807) is 42.2 Å². The second kappa shape index (κ2) is 8.00. The fourth-order valence-corrected chi connectivity index (χ4v) is 7.42. The molecule has 2 aromatic carbocycles. The molecule has 1 aromatic heterocycles. The molecule has 0 radical (unpaired) electrons. The summed E-state index contributed by atoms with van der Waals surface area (Å²) in [5.74, 6) is -0.273. The summed E-state index contributed by atoms with van der Waals surface area (Å²) in [5.41, 5.74) is 2.39. The Bertz CT molecular complexity index is 1380. The van der Waals surface area contributed by atoms with Gasteiger partial charge in [0.25, 0.3) is 5.69 Å². The van der Waals surface area contributed by atoms with Crippen LogP contribution >= 0.6 is 11.8 Å². The largest absolute Gasteiger partial charge is 0.324 e. The first-order valence-electron chi connectivity index (χ1n) is 11.4. The summed E-state index contributed by atoms with van der Waals surface area (Å²) < 4.78 is 0. The lowest BCUT2D eigenvalue weighted by Crippen LogP contribution is -2.52. The van der Waals surface area contributed by atoms with E-state index < -0.39 is 22.3 Å². The molecular weight excluding hydrogens is 464 g/mol. The van der Waals surface area contributed by atoms with Gasteiger partial charge < -0.3 is 5.32 Å². The van der Waals surface area contributed by atoms with Gasteiger partial charge in [-0.3, -0.25) is 29.6 Å². The Morgan fingerprint density at radius 3 is 2.86 bits per heavy atom. The van der Waals surface area contributed by atoms with Gasteiger partial charge in [-0.2, -0.15) is 0 Å². The van der Waals surface area contributed by atoms with Gasteiger partial charge in [0.15, 0.2) is 5.78 Å². The van der Waals surface area contributed by atoms with Crippen molar-refractivity contribution < 1.29 is 14.5 Å². The van der Waals surface area contributed by atoms with Crippen LogP contribution in [-0.4, -0.2) is 44.2 Å². The topological polar surface area (TPSA) is 105 Å². The Morgan fingerprint density at radius 1 is 1.23 bits per heavy atom. The molecule has 1 spiro atoms. The van der Waals surface area contributed by atoms with Gasteiger partial charge in [0.1, 0.15) is 5.54 Å². The number of nitrogens with one attached hydrogen (secondary N) is 1. The number of anilines is 1. The van der Waals surface area contributed by atoms with Crippen LogP contribution in [0.1, 0.15) is 33.0 Å². The van der Waals surface area contributed by atoms with E-state index in [-0.39, 0.29) is 23.4 Å². The first kappa shape index (κ1) is 21.9. The number of ketones is 1. The SMILES string of the molecule is Cc1ccc2c(c1)[C@]1(C(=O)N2)[C@@H](C(=O)c2cccnc2)[C@@H](c2cccc([N+](=O)[O-])c2)[C@H]2CSCN21. The maximum absolute atomic E-state index is 14.3. The quantitative estimate of drug-likeness (QED) is 0.336. The van der Waals surface area contributed by atoms with Crippen LogP contribution in [-0.2, 0) is 10.3 Å². The van der Waals surface area contributed by atoms with Gasteiger partial charge in [-0.15, -0.1) is 11.8 Å². The number of pyridine rings is 1. The van der Waals surface area contributed by atoms with Crippen LogP contribution in [0.5, 0.6) is 0 Å². The van der Waals surface area contributed by atoms with Crippen molar-refractivity contribution in [1.82, 2.24) is 9.88 Å². The minimum atomic E-state index is -1.21. The molecule has 4 atom stereocenters. The highest BCUT2D eigenvalue weighted by Gasteiger charge is 2.69. The Kier molecular flexibility index (Phi) is 5.01. The molecule has 1 N–H and O–H groups in total.